The Morgan fingerprint density at radius 1 is 1.00 bits per heavy atom. The van der Waals surface area contributed by atoms with Crippen LogP contribution in [0.4, 0.5) is 0 Å². The van der Waals surface area contributed by atoms with Gasteiger partial charge in [-0.2, -0.15) is 0 Å². The highest BCUT2D eigenvalue weighted by molar-refractivity contribution is 6.56. The van der Waals surface area contributed by atoms with Crippen LogP contribution in [-0.2, 0) is 4.74 Å². The Morgan fingerprint density at radius 3 is 2.41 bits per heavy atom. The number of rotatable bonds is 1. The van der Waals surface area contributed by atoms with Crippen molar-refractivity contribution in [3.8, 4) is 0 Å². The molecule has 0 aromatic heterocycles. The molecule has 0 spiro atoms. The van der Waals surface area contributed by atoms with Crippen molar-refractivity contribution in [3.63, 3.8) is 0 Å². The molecule has 2 aromatic carbocycles. The fourth-order valence-corrected chi connectivity index (χ4v) is 2.22. The van der Waals surface area contributed by atoms with Gasteiger partial charge in [0.2, 0.25) is 0 Å². The van der Waals surface area contributed by atoms with Gasteiger partial charge >= 0.3 is 11.9 Å². The van der Waals surface area contributed by atoms with Crippen LogP contribution in [0, 0.1) is 0 Å². The predicted molar refractivity (Wildman–Crippen MR) is 64.9 cm³/mol. The molecule has 2 aromatic rings. The first kappa shape index (κ1) is 10.1. The van der Waals surface area contributed by atoms with Gasteiger partial charge in [0, 0.05) is 5.39 Å². The van der Waals surface area contributed by atoms with E-state index in [0.717, 1.165) is 10.8 Å². The number of carbonyl (C=O) groups excluding carboxylic acids is 2. The molecular weight excluding hydrogens is 215 g/mol. The smallest absolute Gasteiger partial charge is 0.346 e. The first-order valence-electron chi connectivity index (χ1n) is 5.34. The van der Waals surface area contributed by atoms with E-state index in [0.29, 0.717) is 16.5 Å². The Labute approximate surface area is 98.6 Å². The molecule has 0 unspecified atom stereocenters. The fourth-order valence-electron chi connectivity index (χ4n) is 2.22. The van der Waals surface area contributed by atoms with Crippen LogP contribution in [0.25, 0.3) is 10.8 Å². The van der Waals surface area contributed by atoms with Crippen molar-refractivity contribution >= 4 is 35.5 Å². The molecule has 0 N–H and O–H groups in total. The van der Waals surface area contributed by atoms with Gasteiger partial charge in [-0.25, -0.2) is 9.59 Å². The molecule has 0 saturated carbocycles. The molecule has 0 saturated heterocycles. The molecule has 0 bridgehead atoms. The zero-order valence-electron chi connectivity index (χ0n) is 9.19. The monoisotopic (exact) mass is 223 g/mol. The van der Waals surface area contributed by atoms with Gasteiger partial charge in [-0.05, 0) is 17.5 Å². The number of hydrogen-bond acceptors (Lipinski definition) is 3. The van der Waals surface area contributed by atoms with Crippen LogP contribution in [0.3, 0.4) is 0 Å². The minimum atomic E-state index is -0.568. The van der Waals surface area contributed by atoms with E-state index < -0.39 is 11.9 Å². The van der Waals surface area contributed by atoms with Crippen molar-refractivity contribution in [2.45, 2.75) is 6.82 Å². The van der Waals surface area contributed by atoms with Gasteiger partial charge in [0.05, 0.1) is 11.1 Å². The third-order valence-electron chi connectivity index (χ3n) is 3.01. The lowest BCUT2D eigenvalue weighted by Crippen LogP contribution is -2.22. The van der Waals surface area contributed by atoms with Crippen LogP contribution < -0.4 is 5.46 Å². The van der Waals surface area contributed by atoms with Gasteiger partial charge in [-0.1, -0.05) is 30.5 Å². The van der Waals surface area contributed by atoms with Crippen LogP contribution >= 0.6 is 0 Å². The summed E-state index contributed by atoms with van der Waals surface area (Å²) in [5.41, 5.74) is 1.93. The number of benzene rings is 2. The van der Waals surface area contributed by atoms with E-state index >= 15 is 0 Å². The van der Waals surface area contributed by atoms with E-state index in [1.807, 2.05) is 26.2 Å². The molecule has 81 valence electrons. The summed E-state index contributed by atoms with van der Waals surface area (Å²) >= 11 is 0. The molecule has 0 aliphatic carbocycles. The predicted octanol–water partition coefficient (Wildman–Crippen LogP) is 1.53. The molecular formula is C13H8BO3. The quantitative estimate of drug-likeness (QED) is 0.418. The lowest BCUT2D eigenvalue weighted by molar-refractivity contribution is 0.0391. The maximum atomic E-state index is 11.6. The summed E-state index contributed by atoms with van der Waals surface area (Å²) < 4.78 is 4.69. The van der Waals surface area contributed by atoms with Crippen molar-refractivity contribution in [3.05, 3.63) is 41.5 Å². The first-order valence-corrected chi connectivity index (χ1v) is 5.34. The molecule has 0 amide bonds. The van der Waals surface area contributed by atoms with E-state index in [4.69, 9.17) is 0 Å². The van der Waals surface area contributed by atoms with Crippen molar-refractivity contribution in [1.82, 2.24) is 0 Å². The van der Waals surface area contributed by atoms with E-state index in [1.165, 1.54) is 0 Å². The summed E-state index contributed by atoms with van der Waals surface area (Å²) in [7, 11) is 1.95. The zero-order chi connectivity index (χ0) is 12.0. The molecule has 1 aliphatic rings. The Kier molecular flexibility index (Phi) is 2.05. The molecule has 4 heteroatoms. The summed E-state index contributed by atoms with van der Waals surface area (Å²) in [6.45, 7) is 1.92. The lowest BCUT2D eigenvalue weighted by Gasteiger charge is -2.16. The number of esters is 2. The second kappa shape index (κ2) is 3.45. The largest absolute Gasteiger partial charge is 0.386 e. The second-order valence-corrected chi connectivity index (χ2v) is 3.90. The van der Waals surface area contributed by atoms with Gasteiger partial charge in [-0.3, -0.25) is 0 Å². The van der Waals surface area contributed by atoms with Crippen molar-refractivity contribution in [2.24, 2.45) is 0 Å². The average molecular weight is 223 g/mol. The molecule has 3 rings (SSSR count). The second-order valence-electron chi connectivity index (χ2n) is 3.90. The average Bonchev–Trinajstić information content (AvgIpc) is 2.35. The molecule has 0 fully saturated rings. The van der Waals surface area contributed by atoms with Crippen molar-refractivity contribution in [1.29, 1.82) is 0 Å². The molecule has 0 atom stereocenters. The summed E-state index contributed by atoms with van der Waals surface area (Å²) in [4.78, 5) is 23.3. The first-order chi connectivity index (χ1) is 8.22. The highest BCUT2D eigenvalue weighted by Gasteiger charge is 2.27. The molecule has 1 heterocycles. The molecule has 3 nitrogen and oxygen atoms in total. The Bertz CT molecular complexity index is 641. The third kappa shape index (κ3) is 1.30. The summed E-state index contributed by atoms with van der Waals surface area (Å²) in [5, 5.41) is 1.61. The van der Waals surface area contributed by atoms with Crippen LogP contribution in [0.15, 0.2) is 30.3 Å². The third-order valence-corrected chi connectivity index (χ3v) is 3.01. The zero-order valence-corrected chi connectivity index (χ0v) is 9.19. The summed E-state index contributed by atoms with van der Waals surface area (Å²) in [6.07, 6.45) is 0. The maximum Gasteiger partial charge on any atom is 0.346 e. The minimum Gasteiger partial charge on any atom is -0.386 e. The van der Waals surface area contributed by atoms with Crippen LogP contribution in [0.2, 0.25) is 6.82 Å². The van der Waals surface area contributed by atoms with Crippen LogP contribution in [0.1, 0.15) is 20.7 Å². The van der Waals surface area contributed by atoms with Crippen LogP contribution in [-0.4, -0.2) is 19.2 Å². The number of hydrogen-bond donors (Lipinski definition) is 0. The Balaban J connectivity index is 2.51. The molecule has 17 heavy (non-hydrogen) atoms. The van der Waals surface area contributed by atoms with Gasteiger partial charge in [0.1, 0.15) is 7.28 Å². The number of ether oxygens (including phenoxy) is 1. The van der Waals surface area contributed by atoms with Gasteiger partial charge in [0.25, 0.3) is 0 Å². The topological polar surface area (TPSA) is 43.4 Å². The Hall–Kier alpha value is -2.10. The van der Waals surface area contributed by atoms with Crippen molar-refractivity contribution in [2.75, 3.05) is 0 Å². The highest BCUT2D eigenvalue weighted by atomic mass is 16.6. The molecule has 1 aliphatic heterocycles. The number of carbonyl (C=O) groups is 2. The standard InChI is InChI=1S/C13H8BO3/c1-14-10-6-5-9-11-7(10)3-2-4-8(11)12(15)17-13(9)16/h2-6H,1H3. The van der Waals surface area contributed by atoms with Gasteiger partial charge in [-0.15, -0.1) is 0 Å². The maximum absolute atomic E-state index is 11.6. The normalized spacial score (nSPS) is 13.7. The van der Waals surface area contributed by atoms with Gasteiger partial charge < -0.3 is 4.74 Å². The number of cyclic esters (lactones) is 2. The summed E-state index contributed by atoms with van der Waals surface area (Å²) in [6, 6.07) is 8.95. The van der Waals surface area contributed by atoms with Crippen molar-refractivity contribution < 1.29 is 14.3 Å². The van der Waals surface area contributed by atoms with E-state index in [9.17, 15) is 9.59 Å². The SMILES string of the molecule is C[B]c1ccc2c3c(cccc13)C(=O)OC2=O. The highest BCUT2D eigenvalue weighted by Crippen LogP contribution is 2.27. The summed E-state index contributed by atoms with van der Waals surface area (Å²) in [5.74, 6) is -1.14. The van der Waals surface area contributed by atoms with E-state index in [2.05, 4.69) is 4.74 Å². The van der Waals surface area contributed by atoms with Crippen LogP contribution in [0.5, 0.6) is 0 Å². The minimum absolute atomic E-state index is 0.459. The lowest BCUT2D eigenvalue weighted by atomic mass is 9.70. The van der Waals surface area contributed by atoms with Gasteiger partial charge in [0.15, 0.2) is 0 Å². The fraction of sp³-hybridized carbons (Fsp3) is 0.0769. The van der Waals surface area contributed by atoms with E-state index in [-0.39, 0.29) is 0 Å². The Morgan fingerprint density at radius 2 is 1.71 bits per heavy atom. The molecule has 1 radical (unpaired) electrons. The van der Waals surface area contributed by atoms with E-state index in [1.54, 1.807) is 18.2 Å².